The minimum absolute atomic E-state index is 0. The van der Waals surface area contributed by atoms with Gasteiger partial charge < -0.3 is 39.1 Å². The summed E-state index contributed by atoms with van der Waals surface area (Å²) in [6.45, 7) is 0. The summed E-state index contributed by atoms with van der Waals surface area (Å²) in [6, 6.07) is 12.7. The van der Waals surface area contributed by atoms with Crippen LogP contribution in [0.2, 0.25) is 0 Å². The number of nitrogens with one attached hydrogen (secondary N) is 1. The highest BCUT2D eigenvalue weighted by Gasteiger charge is 2.43. The van der Waals surface area contributed by atoms with Gasteiger partial charge in [0.25, 0.3) is 17.7 Å². The Kier molecular flexibility index (Phi) is 23.3. The van der Waals surface area contributed by atoms with E-state index in [9.17, 15) is 56.2 Å². The molecule has 0 saturated heterocycles. The highest BCUT2D eigenvalue weighted by atomic mass is 79.9. The van der Waals surface area contributed by atoms with Gasteiger partial charge in [-0.1, -0.05) is 63.8 Å². The number of carbonyl (C=O) groups is 3. The van der Waals surface area contributed by atoms with E-state index >= 15 is 0 Å². The van der Waals surface area contributed by atoms with Crippen LogP contribution in [0.1, 0.15) is 162 Å². The van der Waals surface area contributed by atoms with Gasteiger partial charge in [0.05, 0.1) is 17.2 Å². The summed E-state index contributed by atoms with van der Waals surface area (Å²) in [7, 11) is 0. The van der Waals surface area contributed by atoms with Crippen LogP contribution in [0.15, 0.2) is 97.0 Å². The zero-order valence-electron chi connectivity index (χ0n) is 42.1. The molecule has 83 heavy (non-hydrogen) atoms. The molecule has 5 heterocycles. The summed E-state index contributed by atoms with van der Waals surface area (Å²) in [5.74, 6) is -5.19. The molecule has 4 aromatic heterocycles. The van der Waals surface area contributed by atoms with E-state index in [4.69, 9.17) is 28.7 Å². The number of amides is 3. The molecule has 0 unspecified atom stereocenters. The smallest absolute Gasteiger partial charge is 0.349 e. The van der Waals surface area contributed by atoms with Crippen molar-refractivity contribution >= 4 is 56.9 Å². The van der Waals surface area contributed by atoms with E-state index in [2.05, 4.69) is 41.2 Å². The Labute approximate surface area is 484 Å². The molecule has 6 aromatic rings. The lowest BCUT2D eigenvalue weighted by Crippen LogP contribution is -2.38. The summed E-state index contributed by atoms with van der Waals surface area (Å²) in [5, 5.41) is 12.3. The first kappa shape index (κ1) is 67.4. The number of aliphatic hydroxyl groups is 1. The van der Waals surface area contributed by atoms with E-state index < -0.39 is 63.8 Å². The third-order valence-electron chi connectivity index (χ3n) is 14.5. The van der Waals surface area contributed by atoms with Gasteiger partial charge in [-0.15, -0.1) is 0 Å². The number of nitrogens with zero attached hydrogens (tertiary/aromatic N) is 9. The average Bonchev–Trinajstić information content (AvgIpc) is 4.47. The summed E-state index contributed by atoms with van der Waals surface area (Å²) in [5.41, 5.74) is 25.8. The Balaban J connectivity index is 0.000000240. The minimum atomic E-state index is -0.760. The molecule has 0 radical (unpaired) electrons. The predicted molar refractivity (Wildman–Crippen MR) is 310 cm³/mol. The summed E-state index contributed by atoms with van der Waals surface area (Å²) < 4.78 is 59.2. The molecule has 450 valence electrons. The third-order valence-corrected chi connectivity index (χ3v) is 15.0. The summed E-state index contributed by atoms with van der Waals surface area (Å²) in [4.78, 5) is 99.1. The fraction of sp³-hybridized carbons (Fsp3) is 0.436. The van der Waals surface area contributed by atoms with Gasteiger partial charge in [0.15, 0.2) is 46.5 Å². The first-order valence-electron chi connectivity index (χ1n) is 25.2. The number of nitrogens with two attached hydrogens (primary N) is 5. The number of aliphatic hydroxyl groups excluding tert-OH is 1. The molecule has 4 aliphatic carbocycles. The number of rotatable bonds is 7. The second-order valence-corrected chi connectivity index (χ2v) is 20.7. The van der Waals surface area contributed by atoms with Crippen molar-refractivity contribution in [3.05, 3.63) is 160 Å². The van der Waals surface area contributed by atoms with Crippen LogP contribution in [0.4, 0.5) is 40.8 Å². The molecule has 5 aliphatic rings. The Bertz CT molecular complexity index is 3430. The van der Waals surface area contributed by atoms with Crippen molar-refractivity contribution in [2.45, 2.75) is 155 Å². The molecule has 23 nitrogen and oxygen atoms in total. The van der Waals surface area contributed by atoms with E-state index in [1.165, 1.54) is 23.2 Å². The fourth-order valence-electron chi connectivity index (χ4n) is 10.5. The molecule has 2 aromatic carbocycles. The van der Waals surface area contributed by atoms with Crippen molar-refractivity contribution in [3.8, 4) is 0 Å². The van der Waals surface area contributed by atoms with Crippen LogP contribution >= 0.6 is 15.9 Å². The molecular formula is C55H72BrF4N15O8. The third kappa shape index (κ3) is 15.5. The molecule has 11 rings (SSSR count). The van der Waals surface area contributed by atoms with E-state index in [0.29, 0.717) is 80.9 Å². The van der Waals surface area contributed by atoms with Crippen molar-refractivity contribution in [3.63, 3.8) is 0 Å². The second kappa shape index (κ2) is 28.7. The van der Waals surface area contributed by atoms with Crippen molar-refractivity contribution in [1.82, 2.24) is 48.4 Å². The van der Waals surface area contributed by atoms with Crippen LogP contribution in [0.5, 0.6) is 0 Å². The largest absolute Gasteiger partial charge is 0.393 e. The molecule has 12 N–H and O–H groups in total. The Hall–Kier alpha value is -8.11. The lowest BCUT2D eigenvalue weighted by molar-refractivity contribution is 0.0584. The Morgan fingerprint density at radius 3 is 1.31 bits per heavy atom. The van der Waals surface area contributed by atoms with Crippen molar-refractivity contribution in [1.29, 1.82) is 0 Å². The number of carbonyl (C=O) groups excluding carboxylic acids is 3. The second-order valence-electron chi connectivity index (χ2n) is 19.8. The number of hydrogen-bond acceptors (Lipinski definition) is 17. The Morgan fingerprint density at radius 1 is 0.518 bits per heavy atom. The van der Waals surface area contributed by atoms with Gasteiger partial charge >= 0.3 is 22.8 Å². The maximum atomic E-state index is 13.6. The average molecular weight is 1230 g/mol. The number of anilines is 4. The van der Waals surface area contributed by atoms with Gasteiger partial charge in [-0.2, -0.15) is 19.9 Å². The standard InChI is InChI=1S/C17H15FN4O3.C16H16BrFN4O2.C9H13FN4O.C9H12FN3O2.4CH4/c18-13-8-21(17(25)20-14(13)19)9-5-6-10(7-9)22-15(23)11-3-1-2-4-12(11)16(22)24;17-10-3-1-2-9(6-10)15(23)20-11-4-5-12(7-11)22-8-13(18)14(19)21-16(22)24;10-7-4-14(9(15)13-8(7)12)6-2-1-5(11)3-6;10-7-4-13(9(15)12-8(7)11)5-1-2-6(14)3-5;;;;/h1-4,8-10H,5-7H2,(H2,19,20,25);1-3,6,8,11-12H,4-5,7H2,(H,20,23)(H2,19,21,24);4-6H,1-3,11H2,(H2,12,13,15);4-6,14H,1-3H2,(H2,11,12,15);4*1H4/t9-,10-;11-,12-;5-,6-;5-,6+;;;;/m0000..../s1. The van der Waals surface area contributed by atoms with Crippen molar-refractivity contribution in [2.75, 3.05) is 22.9 Å². The van der Waals surface area contributed by atoms with E-state index in [-0.39, 0.29) is 101 Å². The molecule has 0 spiro atoms. The number of nitrogen functional groups attached to an aromatic ring is 4. The van der Waals surface area contributed by atoms with E-state index in [1.807, 2.05) is 6.07 Å². The number of halogens is 5. The Morgan fingerprint density at radius 2 is 0.904 bits per heavy atom. The van der Waals surface area contributed by atoms with Crippen LogP contribution in [0, 0.1) is 23.3 Å². The van der Waals surface area contributed by atoms with Crippen LogP contribution in [0.25, 0.3) is 0 Å². The van der Waals surface area contributed by atoms with Gasteiger partial charge in [0, 0.05) is 77.1 Å². The predicted octanol–water partition coefficient (Wildman–Crippen LogP) is 6.22. The lowest BCUT2D eigenvalue weighted by atomic mass is 10.1. The topological polar surface area (TPSA) is 356 Å². The highest BCUT2D eigenvalue weighted by molar-refractivity contribution is 9.10. The van der Waals surface area contributed by atoms with Gasteiger partial charge in [0.1, 0.15) is 0 Å². The highest BCUT2D eigenvalue weighted by Crippen LogP contribution is 2.37. The molecule has 3 amide bonds. The quantitative estimate of drug-likeness (QED) is 0.0689. The normalized spacial score (nSPS) is 21.9. The van der Waals surface area contributed by atoms with Gasteiger partial charge in [-0.3, -0.25) is 37.6 Å². The van der Waals surface area contributed by atoms with Crippen LogP contribution < -0.4 is 56.7 Å². The van der Waals surface area contributed by atoms with E-state index in [0.717, 1.165) is 42.1 Å². The molecule has 4 saturated carbocycles. The summed E-state index contributed by atoms with van der Waals surface area (Å²) in [6.07, 6.45) is 11.4. The van der Waals surface area contributed by atoms with Crippen LogP contribution in [-0.2, 0) is 0 Å². The van der Waals surface area contributed by atoms with Gasteiger partial charge in [0.2, 0.25) is 0 Å². The molecule has 28 heteroatoms. The number of fused-ring (bicyclic) bond motifs is 1. The van der Waals surface area contributed by atoms with Crippen LogP contribution in [0.3, 0.4) is 0 Å². The first-order valence-corrected chi connectivity index (χ1v) is 26.0. The zero-order valence-corrected chi connectivity index (χ0v) is 43.7. The number of benzene rings is 2. The fourth-order valence-corrected chi connectivity index (χ4v) is 10.9. The molecule has 4 fully saturated rings. The van der Waals surface area contributed by atoms with Gasteiger partial charge in [-0.05, 0) is 107 Å². The number of imide groups is 1. The zero-order chi connectivity index (χ0) is 57.0. The molecular weight excluding hydrogens is 1150 g/mol. The number of aromatic nitrogens is 8. The number of hydrogen-bond donors (Lipinski definition) is 7. The maximum absolute atomic E-state index is 13.6. The first-order chi connectivity index (χ1) is 37.6. The molecule has 8 atom stereocenters. The molecule has 0 bridgehead atoms. The van der Waals surface area contributed by atoms with Gasteiger partial charge in [-0.25, -0.2) is 36.7 Å². The van der Waals surface area contributed by atoms with Crippen molar-refractivity contribution in [2.24, 2.45) is 5.73 Å². The van der Waals surface area contributed by atoms with Crippen molar-refractivity contribution < 1.29 is 37.1 Å². The van der Waals surface area contributed by atoms with E-state index in [1.54, 1.807) is 42.5 Å². The minimum Gasteiger partial charge on any atom is -0.393 e. The monoisotopic (exact) mass is 1230 g/mol. The van der Waals surface area contributed by atoms with Crippen LogP contribution in [-0.4, -0.2) is 90.2 Å². The maximum Gasteiger partial charge on any atom is 0.349 e. The summed E-state index contributed by atoms with van der Waals surface area (Å²) >= 11 is 3.33. The SMILES string of the molecule is C.C.C.C.Nc1nc(=O)n([C@H]2CC[C@@H](O)C2)cc1F.Nc1nc(=O)n([C@H]2CC[C@H](N)C2)cc1F.Nc1nc(=O)n([C@H]2CC[C@H](N3C(=O)c4ccccc4C3=O)C2)cc1F.Nc1nc(=O)n([C@H]2CC[C@H](NC(=O)c3cccc(Br)c3)C2)cc1F. The molecule has 1 aliphatic heterocycles. The lowest BCUT2D eigenvalue weighted by Gasteiger charge is -2.22.